The minimum absolute atomic E-state index is 0.570. The van der Waals surface area contributed by atoms with Gasteiger partial charge in [0.2, 0.25) is 0 Å². The first kappa shape index (κ1) is 18.1. The van der Waals surface area contributed by atoms with Gasteiger partial charge in [-0.25, -0.2) is 0 Å². The van der Waals surface area contributed by atoms with Crippen molar-refractivity contribution < 1.29 is 8.94 Å². The number of hydrogen-bond donors (Lipinski definition) is 1. The summed E-state index contributed by atoms with van der Waals surface area (Å²) in [6.45, 7) is 5.59. The van der Waals surface area contributed by atoms with Crippen molar-refractivity contribution >= 4 is 5.96 Å². The first-order chi connectivity index (χ1) is 13.4. The molecule has 1 N–H and O–H groups in total. The monoisotopic (exact) mass is 371 g/mol. The molecule has 0 unspecified atom stereocenters. The Morgan fingerprint density at radius 2 is 2.00 bits per heavy atom. The minimum Gasteiger partial charge on any atom is -0.469 e. The SMILES string of the molecule is c1coc(CCN=C(NC2CCCC2)N2CCN(Cc3ccon3)CC2)c1. The van der Waals surface area contributed by atoms with Gasteiger partial charge in [0.05, 0.1) is 12.0 Å². The summed E-state index contributed by atoms with van der Waals surface area (Å²) in [5, 5.41) is 7.75. The average Bonchev–Trinajstić information content (AvgIpc) is 3.46. The van der Waals surface area contributed by atoms with Crippen LogP contribution in [0.2, 0.25) is 0 Å². The zero-order valence-corrected chi connectivity index (χ0v) is 15.8. The summed E-state index contributed by atoms with van der Waals surface area (Å²) >= 11 is 0. The summed E-state index contributed by atoms with van der Waals surface area (Å²) in [6.07, 6.45) is 9.36. The molecule has 1 aliphatic heterocycles. The summed E-state index contributed by atoms with van der Waals surface area (Å²) in [5.74, 6) is 2.06. The molecule has 1 aliphatic carbocycles. The summed E-state index contributed by atoms with van der Waals surface area (Å²) < 4.78 is 10.4. The number of aromatic nitrogens is 1. The van der Waals surface area contributed by atoms with Gasteiger partial charge in [-0.1, -0.05) is 18.0 Å². The molecule has 0 radical (unpaired) electrons. The van der Waals surface area contributed by atoms with Crippen LogP contribution in [0.25, 0.3) is 0 Å². The average molecular weight is 371 g/mol. The van der Waals surface area contributed by atoms with Crippen molar-refractivity contribution in [3.05, 3.63) is 42.2 Å². The van der Waals surface area contributed by atoms with E-state index in [-0.39, 0.29) is 0 Å². The number of rotatable bonds is 6. The highest BCUT2D eigenvalue weighted by molar-refractivity contribution is 5.80. The van der Waals surface area contributed by atoms with Crippen LogP contribution >= 0.6 is 0 Å². The first-order valence-electron chi connectivity index (χ1n) is 10.1. The van der Waals surface area contributed by atoms with Crippen molar-refractivity contribution in [1.29, 1.82) is 0 Å². The molecule has 0 amide bonds. The lowest BCUT2D eigenvalue weighted by atomic mass is 10.2. The molecule has 0 aromatic carbocycles. The van der Waals surface area contributed by atoms with E-state index in [1.54, 1.807) is 12.5 Å². The van der Waals surface area contributed by atoms with E-state index in [1.807, 2.05) is 18.2 Å². The van der Waals surface area contributed by atoms with Crippen molar-refractivity contribution in [2.75, 3.05) is 32.7 Å². The molecular formula is C20H29N5O2. The number of nitrogens with zero attached hydrogens (tertiary/aromatic N) is 4. The lowest BCUT2D eigenvalue weighted by Crippen LogP contribution is -2.53. The second kappa shape index (κ2) is 9.08. The third kappa shape index (κ3) is 5.13. The second-order valence-electron chi connectivity index (χ2n) is 7.41. The van der Waals surface area contributed by atoms with E-state index in [0.29, 0.717) is 6.04 Å². The Hall–Kier alpha value is -2.28. The minimum atomic E-state index is 0.570. The Balaban J connectivity index is 1.33. The highest BCUT2D eigenvalue weighted by Gasteiger charge is 2.23. The molecule has 146 valence electrons. The van der Waals surface area contributed by atoms with Gasteiger partial charge in [0.15, 0.2) is 5.96 Å². The highest BCUT2D eigenvalue weighted by atomic mass is 16.5. The van der Waals surface area contributed by atoms with E-state index in [1.165, 1.54) is 25.7 Å². The Morgan fingerprint density at radius 3 is 2.70 bits per heavy atom. The van der Waals surface area contributed by atoms with E-state index in [4.69, 9.17) is 13.9 Å². The van der Waals surface area contributed by atoms with Crippen molar-refractivity contribution in [2.45, 2.75) is 44.7 Å². The van der Waals surface area contributed by atoms with Gasteiger partial charge in [0.25, 0.3) is 0 Å². The molecule has 0 spiro atoms. The van der Waals surface area contributed by atoms with Gasteiger partial charge >= 0.3 is 0 Å². The molecule has 3 heterocycles. The van der Waals surface area contributed by atoms with Crippen LogP contribution in [0, 0.1) is 0 Å². The largest absolute Gasteiger partial charge is 0.469 e. The Bertz CT molecular complexity index is 684. The molecule has 0 bridgehead atoms. The van der Waals surface area contributed by atoms with E-state index in [9.17, 15) is 0 Å². The number of piperazine rings is 1. The van der Waals surface area contributed by atoms with Gasteiger partial charge in [0, 0.05) is 57.8 Å². The van der Waals surface area contributed by atoms with E-state index < -0.39 is 0 Å². The molecule has 4 rings (SSSR count). The maximum Gasteiger partial charge on any atom is 0.194 e. The van der Waals surface area contributed by atoms with Crippen molar-refractivity contribution in [2.24, 2.45) is 4.99 Å². The Kier molecular flexibility index (Phi) is 6.09. The molecule has 7 nitrogen and oxygen atoms in total. The molecule has 2 aliphatic rings. The fourth-order valence-electron chi connectivity index (χ4n) is 3.88. The summed E-state index contributed by atoms with van der Waals surface area (Å²) in [4.78, 5) is 9.74. The standard InChI is InChI=1S/C20H29N5O2/c1-2-5-17(4-1)22-20(21-9-7-19-6-3-14-26-19)25-12-10-24(11-13-25)16-18-8-15-27-23-18/h3,6,8,14-15,17H,1-2,4-5,7,9-13,16H2,(H,21,22). The predicted molar refractivity (Wildman–Crippen MR) is 103 cm³/mol. The van der Waals surface area contributed by atoms with Crippen molar-refractivity contribution in [3.8, 4) is 0 Å². The fourth-order valence-corrected chi connectivity index (χ4v) is 3.88. The van der Waals surface area contributed by atoms with Crippen LogP contribution in [0.15, 0.2) is 44.7 Å². The van der Waals surface area contributed by atoms with Crippen LogP contribution < -0.4 is 5.32 Å². The quantitative estimate of drug-likeness (QED) is 0.622. The molecule has 1 saturated heterocycles. The Morgan fingerprint density at radius 1 is 1.15 bits per heavy atom. The topological polar surface area (TPSA) is 70.0 Å². The van der Waals surface area contributed by atoms with E-state index in [0.717, 1.165) is 63.1 Å². The number of hydrogen-bond acceptors (Lipinski definition) is 5. The van der Waals surface area contributed by atoms with Gasteiger partial charge < -0.3 is 19.2 Å². The number of furan rings is 1. The molecule has 1 saturated carbocycles. The third-order valence-electron chi connectivity index (χ3n) is 5.44. The van der Waals surface area contributed by atoms with E-state index >= 15 is 0 Å². The van der Waals surface area contributed by atoms with Gasteiger partial charge in [-0.05, 0) is 25.0 Å². The van der Waals surface area contributed by atoms with Crippen LogP contribution in [0.5, 0.6) is 0 Å². The summed E-state index contributed by atoms with van der Waals surface area (Å²) in [6, 6.07) is 6.46. The molecule has 0 atom stereocenters. The van der Waals surface area contributed by atoms with Crippen LogP contribution in [0.3, 0.4) is 0 Å². The normalized spacial score (nSPS) is 19.7. The third-order valence-corrected chi connectivity index (χ3v) is 5.44. The second-order valence-corrected chi connectivity index (χ2v) is 7.41. The van der Waals surface area contributed by atoms with Gasteiger partial charge in [-0.15, -0.1) is 0 Å². The molecule has 2 aromatic heterocycles. The van der Waals surface area contributed by atoms with Crippen LogP contribution in [-0.4, -0.2) is 59.7 Å². The molecule has 7 heteroatoms. The molecule has 27 heavy (non-hydrogen) atoms. The summed E-state index contributed by atoms with van der Waals surface area (Å²) in [7, 11) is 0. The van der Waals surface area contributed by atoms with E-state index in [2.05, 4.69) is 20.3 Å². The lowest BCUT2D eigenvalue weighted by Gasteiger charge is -2.37. The van der Waals surface area contributed by atoms with Gasteiger partial charge in [-0.3, -0.25) is 9.89 Å². The summed E-state index contributed by atoms with van der Waals surface area (Å²) in [5.41, 5.74) is 1.000. The van der Waals surface area contributed by atoms with Gasteiger partial charge in [0.1, 0.15) is 12.0 Å². The van der Waals surface area contributed by atoms with Crippen molar-refractivity contribution in [3.63, 3.8) is 0 Å². The zero-order chi connectivity index (χ0) is 18.3. The van der Waals surface area contributed by atoms with Crippen LogP contribution in [-0.2, 0) is 13.0 Å². The first-order valence-corrected chi connectivity index (χ1v) is 10.1. The van der Waals surface area contributed by atoms with Crippen LogP contribution in [0.4, 0.5) is 0 Å². The maximum atomic E-state index is 5.43. The smallest absolute Gasteiger partial charge is 0.194 e. The fraction of sp³-hybridized carbons (Fsp3) is 0.600. The van der Waals surface area contributed by atoms with Gasteiger partial charge in [-0.2, -0.15) is 0 Å². The molecular weight excluding hydrogens is 342 g/mol. The number of nitrogens with one attached hydrogen (secondary N) is 1. The maximum absolute atomic E-state index is 5.43. The number of aliphatic imine (C=N–C) groups is 1. The number of guanidine groups is 1. The van der Waals surface area contributed by atoms with Crippen molar-refractivity contribution in [1.82, 2.24) is 20.3 Å². The Labute approximate surface area is 160 Å². The highest BCUT2D eigenvalue weighted by Crippen LogP contribution is 2.18. The lowest BCUT2D eigenvalue weighted by molar-refractivity contribution is 0.168. The van der Waals surface area contributed by atoms with Crippen LogP contribution in [0.1, 0.15) is 37.1 Å². The zero-order valence-electron chi connectivity index (χ0n) is 15.8. The molecule has 2 aromatic rings. The predicted octanol–water partition coefficient (Wildman–Crippen LogP) is 2.52. The molecule has 2 fully saturated rings.